The number of hydrogen-bond donors (Lipinski definition) is 1. The van der Waals surface area contributed by atoms with E-state index in [9.17, 15) is 9.18 Å². The number of halogens is 2. The maximum atomic E-state index is 13.5. The van der Waals surface area contributed by atoms with Gasteiger partial charge in [0, 0.05) is 27.4 Å². The maximum Gasteiger partial charge on any atom is 0.238 e. The Morgan fingerprint density at radius 3 is 2.75 bits per heavy atom. The van der Waals surface area contributed by atoms with Crippen molar-refractivity contribution >= 4 is 39.3 Å². The van der Waals surface area contributed by atoms with Gasteiger partial charge in [-0.25, -0.2) is 4.39 Å². The molecule has 0 aliphatic rings. The number of likely N-dealkylation sites (N-methyl/N-ethyl adjacent to an activating group) is 1. The van der Waals surface area contributed by atoms with E-state index in [1.807, 2.05) is 43.1 Å². The fraction of sp³-hybridized carbons (Fsp3) is 0.278. The van der Waals surface area contributed by atoms with Gasteiger partial charge < -0.3 is 5.32 Å². The zero-order chi connectivity index (χ0) is 17.5. The molecule has 0 saturated heterocycles. The molecule has 0 unspecified atom stereocenters. The fourth-order valence-electron chi connectivity index (χ4n) is 2.15. The van der Waals surface area contributed by atoms with Crippen LogP contribution in [0.4, 0.5) is 10.1 Å². The Morgan fingerprint density at radius 1 is 1.29 bits per heavy atom. The second-order valence-electron chi connectivity index (χ2n) is 5.52. The van der Waals surface area contributed by atoms with E-state index < -0.39 is 0 Å². The summed E-state index contributed by atoms with van der Waals surface area (Å²) in [5, 5.41) is 2.92. The van der Waals surface area contributed by atoms with Gasteiger partial charge in [-0.15, -0.1) is 11.8 Å². The molecule has 24 heavy (non-hydrogen) atoms. The van der Waals surface area contributed by atoms with Crippen molar-refractivity contribution in [2.75, 3.05) is 31.2 Å². The first kappa shape index (κ1) is 19.0. The summed E-state index contributed by atoms with van der Waals surface area (Å²) < 4.78 is 14.5. The molecule has 1 N–H and O–H groups in total. The topological polar surface area (TPSA) is 32.3 Å². The highest BCUT2D eigenvalue weighted by atomic mass is 79.9. The first-order chi connectivity index (χ1) is 11.5. The van der Waals surface area contributed by atoms with Gasteiger partial charge >= 0.3 is 0 Å². The first-order valence-electron chi connectivity index (χ1n) is 7.57. The molecule has 128 valence electrons. The molecule has 0 bridgehead atoms. The average molecular weight is 411 g/mol. The minimum Gasteiger partial charge on any atom is -0.325 e. The van der Waals surface area contributed by atoms with Crippen LogP contribution in [0.2, 0.25) is 0 Å². The number of carbonyl (C=O) groups is 1. The normalized spacial score (nSPS) is 10.9. The largest absolute Gasteiger partial charge is 0.325 e. The fourth-order valence-corrected chi connectivity index (χ4v) is 3.63. The Morgan fingerprint density at radius 2 is 2.04 bits per heavy atom. The third-order valence-electron chi connectivity index (χ3n) is 3.44. The van der Waals surface area contributed by atoms with Crippen LogP contribution in [-0.4, -0.2) is 36.7 Å². The quantitative estimate of drug-likeness (QED) is 0.678. The summed E-state index contributed by atoms with van der Waals surface area (Å²) in [5.41, 5.74) is 1.83. The van der Waals surface area contributed by atoms with Gasteiger partial charge in [0.2, 0.25) is 5.91 Å². The minimum atomic E-state index is -0.200. The van der Waals surface area contributed by atoms with Crippen molar-refractivity contribution in [3.8, 4) is 0 Å². The van der Waals surface area contributed by atoms with Crippen LogP contribution < -0.4 is 5.32 Å². The number of thioether (sulfide) groups is 1. The number of nitrogens with one attached hydrogen (secondary N) is 1. The third-order valence-corrected chi connectivity index (χ3v) is 4.97. The van der Waals surface area contributed by atoms with Gasteiger partial charge in [0.25, 0.3) is 0 Å². The predicted molar refractivity (Wildman–Crippen MR) is 102 cm³/mol. The Bertz CT molecular complexity index is 711. The molecular formula is C18H20BrFN2OS. The van der Waals surface area contributed by atoms with Crippen molar-refractivity contribution < 1.29 is 9.18 Å². The van der Waals surface area contributed by atoms with Crippen molar-refractivity contribution in [1.82, 2.24) is 4.90 Å². The Labute approximate surface area is 154 Å². The van der Waals surface area contributed by atoms with E-state index in [1.54, 1.807) is 12.1 Å². The molecule has 2 aromatic rings. The van der Waals surface area contributed by atoms with E-state index in [2.05, 4.69) is 21.2 Å². The molecule has 0 spiro atoms. The molecular weight excluding hydrogens is 391 g/mol. The maximum absolute atomic E-state index is 13.5. The molecule has 0 aromatic heterocycles. The summed E-state index contributed by atoms with van der Waals surface area (Å²) in [6.07, 6.45) is 0. The predicted octanol–water partition coefficient (Wildman–Crippen LogP) is 4.56. The second-order valence-corrected chi connectivity index (χ2v) is 7.58. The molecule has 0 radical (unpaired) electrons. The lowest BCUT2D eigenvalue weighted by Gasteiger charge is -2.16. The highest BCUT2D eigenvalue weighted by Gasteiger charge is 2.09. The van der Waals surface area contributed by atoms with Crippen LogP contribution in [0.1, 0.15) is 5.56 Å². The number of nitrogens with zero attached hydrogens (tertiary/aromatic N) is 1. The van der Waals surface area contributed by atoms with Crippen molar-refractivity contribution in [2.45, 2.75) is 11.8 Å². The average Bonchev–Trinajstić information content (AvgIpc) is 2.52. The number of benzene rings is 2. The van der Waals surface area contributed by atoms with E-state index in [-0.39, 0.29) is 11.7 Å². The molecule has 0 saturated carbocycles. The monoisotopic (exact) mass is 410 g/mol. The highest BCUT2D eigenvalue weighted by Crippen LogP contribution is 2.21. The SMILES string of the molecule is Cc1cc(Br)ccc1NC(=O)CN(C)CCSc1ccccc1F. The molecule has 0 aliphatic heterocycles. The lowest BCUT2D eigenvalue weighted by atomic mass is 10.2. The Kier molecular flexibility index (Phi) is 7.27. The summed E-state index contributed by atoms with van der Waals surface area (Å²) >= 11 is 4.86. The Balaban J connectivity index is 1.76. The van der Waals surface area contributed by atoms with Crippen molar-refractivity contribution in [3.05, 3.63) is 58.3 Å². The van der Waals surface area contributed by atoms with E-state index in [1.165, 1.54) is 17.8 Å². The van der Waals surface area contributed by atoms with Crippen LogP contribution in [0.25, 0.3) is 0 Å². The van der Waals surface area contributed by atoms with Crippen molar-refractivity contribution in [2.24, 2.45) is 0 Å². The van der Waals surface area contributed by atoms with Crippen LogP contribution in [-0.2, 0) is 4.79 Å². The van der Waals surface area contributed by atoms with Gasteiger partial charge in [0.15, 0.2) is 0 Å². The van der Waals surface area contributed by atoms with Gasteiger partial charge in [-0.2, -0.15) is 0 Å². The van der Waals surface area contributed by atoms with Gasteiger partial charge in [0.1, 0.15) is 5.82 Å². The standard InChI is InChI=1S/C18H20BrFN2OS/c1-13-11-14(19)7-8-16(13)21-18(23)12-22(2)9-10-24-17-6-4-3-5-15(17)20/h3-8,11H,9-10,12H2,1-2H3,(H,21,23). The molecule has 3 nitrogen and oxygen atoms in total. The zero-order valence-corrected chi connectivity index (χ0v) is 16.1. The van der Waals surface area contributed by atoms with Crippen molar-refractivity contribution in [1.29, 1.82) is 0 Å². The number of amides is 1. The summed E-state index contributed by atoms with van der Waals surface area (Å²) in [6, 6.07) is 12.5. The smallest absolute Gasteiger partial charge is 0.238 e. The van der Waals surface area contributed by atoms with Gasteiger partial charge in [-0.3, -0.25) is 9.69 Å². The molecule has 6 heteroatoms. The molecule has 0 aliphatic carbocycles. The molecule has 0 atom stereocenters. The zero-order valence-electron chi connectivity index (χ0n) is 13.7. The second kappa shape index (κ2) is 9.20. The van der Waals surface area contributed by atoms with Crippen LogP contribution in [0.15, 0.2) is 51.8 Å². The summed E-state index contributed by atoms with van der Waals surface area (Å²) in [6.45, 7) is 2.95. The van der Waals surface area contributed by atoms with E-state index >= 15 is 0 Å². The van der Waals surface area contributed by atoms with Crippen LogP contribution in [0, 0.1) is 12.7 Å². The summed E-state index contributed by atoms with van der Waals surface area (Å²) in [5.74, 6) is 0.467. The molecule has 2 aromatic carbocycles. The number of hydrogen-bond acceptors (Lipinski definition) is 3. The third kappa shape index (κ3) is 5.92. The Hall–Kier alpha value is -1.37. The van der Waals surface area contributed by atoms with Gasteiger partial charge in [-0.05, 0) is 49.9 Å². The first-order valence-corrected chi connectivity index (χ1v) is 9.35. The highest BCUT2D eigenvalue weighted by molar-refractivity contribution is 9.10. The number of rotatable bonds is 7. The number of aryl methyl sites for hydroxylation is 1. The van der Waals surface area contributed by atoms with Crippen LogP contribution >= 0.6 is 27.7 Å². The van der Waals surface area contributed by atoms with Crippen molar-refractivity contribution in [3.63, 3.8) is 0 Å². The van der Waals surface area contributed by atoms with E-state index in [0.29, 0.717) is 18.0 Å². The lowest BCUT2D eigenvalue weighted by Crippen LogP contribution is -2.31. The summed E-state index contributed by atoms with van der Waals surface area (Å²) in [7, 11) is 1.88. The number of carbonyl (C=O) groups excluding carboxylic acids is 1. The molecule has 2 rings (SSSR count). The lowest BCUT2D eigenvalue weighted by molar-refractivity contribution is -0.117. The van der Waals surface area contributed by atoms with Crippen LogP contribution in [0.5, 0.6) is 0 Å². The summed E-state index contributed by atoms with van der Waals surface area (Å²) in [4.78, 5) is 14.7. The van der Waals surface area contributed by atoms with Gasteiger partial charge in [-0.1, -0.05) is 28.1 Å². The van der Waals surface area contributed by atoms with E-state index in [4.69, 9.17) is 0 Å². The molecule has 0 fully saturated rings. The number of anilines is 1. The van der Waals surface area contributed by atoms with Gasteiger partial charge in [0.05, 0.1) is 6.54 Å². The van der Waals surface area contributed by atoms with Crippen LogP contribution in [0.3, 0.4) is 0 Å². The molecule has 1 amide bonds. The van der Waals surface area contributed by atoms with E-state index in [0.717, 1.165) is 21.5 Å². The molecule has 0 heterocycles. The minimum absolute atomic E-state index is 0.0567.